The van der Waals surface area contributed by atoms with Gasteiger partial charge in [-0.05, 0) is 18.4 Å². The number of anilines is 2. The summed E-state index contributed by atoms with van der Waals surface area (Å²) in [5.74, 6) is 0. The Morgan fingerprint density at radius 1 is 1.31 bits per heavy atom. The van der Waals surface area contributed by atoms with Crippen LogP contribution in [0.5, 0.6) is 0 Å². The van der Waals surface area contributed by atoms with E-state index in [-0.39, 0.29) is 0 Å². The van der Waals surface area contributed by atoms with Crippen molar-refractivity contribution in [3.05, 3.63) is 17.5 Å². The smallest absolute Gasteiger partial charge is 0.0503 e. The first-order valence-corrected chi connectivity index (χ1v) is 5.93. The highest BCUT2D eigenvalue weighted by Crippen LogP contribution is 2.36. The molecular weight excluding hydrogens is 200 g/mol. The van der Waals surface area contributed by atoms with Gasteiger partial charge in [0.05, 0.1) is 10.4 Å². The minimum absolute atomic E-state index is 0.780. The van der Waals surface area contributed by atoms with Crippen molar-refractivity contribution >= 4 is 44.6 Å². The second-order valence-electron chi connectivity index (χ2n) is 2.79. The first-order valence-electron chi connectivity index (χ1n) is 3.82. The standard InChI is InChI=1S/C9H10N2S2/c1-12-8-3-5(10)2-6-7(11)4-13-9(6)8/h2-4H,10-11H2,1H3. The molecule has 0 atom stereocenters. The van der Waals surface area contributed by atoms with Crippen LogP contribution in [0, 0.1) is 0 Å². The van der Waals surface area contributed by atoms with E-state index < -0.39 is 0 Å². The van der Waals surface area contributed by atoms with Gasteiger partial charge in [-0.25, -0.2) is 0 Å². The predicted molar refractivity (Wildman–Crippen MR) is 62.4 cm³/mol. The van der Waals surface area contributed by atoms with E-state index in [0.29, 0.717) is 0 Å². The second-order valence-corrected chi connectivity index (χ2v) is 4.52. The van der Waals surface area contributed by atoms with Gasteiger partial charge in [-0.3, -0.25) is 0 Å². The molecule has 0 amide bonds. The maximum atomic E-state index is 5.81. The molecular formula is C9H10N2S2. The average molecular weight is 210 g/mol. The molecule has 13 heavy (non-hydrogen) atoms. The highest BCUT2D eigenvalue weighted by molar-refractivity contribution is 7.99. The third-order valence-electron chi connectivity index (χ3n) is 1.91. The summed E-state index contributed by atoms with van der Waals surface area (Å²) < 4.78 is 1.24. The van der Waals surface area contributed by atoms with Crippen molar-refractivity contribution in [3.63, 3.8) is 0 Å². The topological polar surface area (TPSA) is 52.0 Å². The van der Waals surface area contributed by atoms with Crippen LogP contribution in [0.4, 0.5) is 11.4 Å². The number of thiophene rings is 1. The van der Waals surface area contributed by atoms with Gasteiger partial charge < -0.3 is 11.5 Å². The van der Waals surface area contributed by atoms with E-state index in [1.807, 2.05) is 23.8 Å². The molecule has 0 bridgehead atoms. The Morgan fingerprint density at radius 3 is 2.77 bits per heavy atom. The molecule has 0 spiro atoms. The molecule has 1 aromatic carbocycles. The van der Waals surface area contributed by atoms with Crippen molar-refractivity contribution in [2.45, 2.75) is 4.90 Å². The molecule has 0 aliphatic carbocycles. The third-order valence-corrected chi connectivity index (χ3v) is 3.85. The highest BCUT2D eigenvalue weighted by atomic mass is 32.2. The fourth-order valence-corrected chi connectivity index (χ4v) is 3.09. The van der Waals surface area contributed by atoms with E-state index in [1.165, 1.54) is 9.60 Å². The summed E-state index contributed by atoms with van der Waals surface area (Å²) in [6.07, 6.45) is 2.05. The number of nitrogens with two attached hydrogens (primary N) is 2. The van der Waals surface area contributed by atoms with Gasteiger partial charge in [0.25, 0.3) is 0 Å². The van der Waals surface area contributed by atoms with Gasteiger partial charge >= 0.3 is 0 Å². The van der Waals surface area contributed by atoms with Crippen LogP contribution < -0.4 is 11.5 Å². The number of thioether (sulfide) groups is 1. The van der Waals surface area contributed by atoms with Crippen LogP contribution in [0.25, 0.3) is 10.1 Å². The first kappa shape index (κ1) is 8.72. The van der Waals surface area contributed by atoms with Gasteiger partial charge in [-0.2, -0.15) is 0 Å². The summed E-state index contributed by atoms with van der Waals surface area (Å²) in [7, 11) is 0. The maximum Gasteiger partial charge on any atom is 0.0503 e. The number of hydrogen-bond acceptors (Lipinski definition) is 4. The molecule has 0 radical (unpaired) electrons. The quantitative estimate of drug-likeness (QED) is 0.562. The number of rotatable bonds is 1. The number of benzene rings is 1. The fourth-order valence-electron chi connectivity index (χ4n) is 1.30. The molecule has 0 saturated heterocycles. The summed E-state index contributed by atoms with van der Waals surface area (Å²) >= 11 is 3.37. The number of hydrogen-bond donors (Lipinski definition) is 2. The molecule has 2 nitrogen and oxygen atoms in total. The Bertz CT molecular complexity index is 448. The zero-order valence-electron chi connectivity index (χ0n) is 7.20. The predicted octanol–water partition coefficient (Wildman–Crippen LogP) is 2.79. The lowest BCUT2D eigenvalue weighted by Gasteiger charge is -2.01. The monoisotopic (exact) mass is 210 g/mol. The SMILES string of the molecule is CSc1cc(N)cc2c(N)csc12. The van der Waals surface area contributed by atoms with Crippen LogP contribution in [0.3, 0.4) is 0 Å². The summed E-state index contributed by atoms with van der Waals surface area (Å²) in [4.78, 5) is 1.21. The molecule has 2 aromatic rings. The van der Waals surface area contributed by atoms with Crippen molar-refractivity contribution < 1.29 is 0 Å². The van der Waals surface area contributed by atoms with Crippen LogP contribution >= 0.6 is 23.1 Å². The van der Waals surface area contributed by atoms with E-state index >= 15 is 0 Å². The lowest BCUT2D eigenvalue weighted by Crippen LogP contribution is -1.86. The molecule has 0 aliphatic heterocycles. The number of fused-ring (bicyclic) bond motifs is 1. The molecule has 1 aromatic heterocycles. The van der Waals surface area contributed by atoms with Crippen LogP contribution in [-0.2, 0) is 0 Å². The van der Waals surface area contributed by atoms with Gasteiger partial charge in [0.1, 0.15) is 0 Å². The Morgan fingerprint density at radius 2 is 2.08 bits per heavy atom. The van der Waals surface area contributed by atoms with Crippen molar-refractivity contribution in [1.29, 1.82) is 0 Å². The summed E-state index contributed by atoms with van der Waals surface area (Å²) in [5, 5.41) is 3.04. The van der Waals surface area contributed by atoms with Crippen molar-refractivity contribution in [2.75, 3.05) is 17.7 Å². The first-order chi connectivity index (χ1) is 6.22. The number of nitrogen functional groups attached to an aromatic ring is 2. The van der Waals surface area contributed by atoms with E-state index in [4.69, 9.17) is 11.5 Å². The molecule has 4 N–H and O–H groups in total. The largest absolute Gasteiger partial charge is 0.399 e. The van der Waals surface area contributed by atoms with Gasteiger partial charge in [-0.15, -0.1) is 23.1 Å². The molecule has 68 valence electrons. The van der Waals surface area contributed by atoms with Crippen LogP contribution in [-0.4, -0.2) is 6.26 Å². The van der Waals surface area contributed by atoms with Gasteiger partial charge in [0.15, 0.2) is 0 Å². The van der Waals surface area contributed by atoms with Crippen molar-refractivity contribution in [1.82, 2.24) is 0 Å². The van der Waals surface area contributed by atoms with Gasteiger partial charge in [0.2, 0.25) is 0 Å². The van der Waals surface area contributed by atoms with Crippen LogP contribution in [0.2, 0.25) is 0 Å². The highest BCUT2D eigenvalue weighted by Gasteiger charge is 2.06. The molecule has 0 aliphatic rings. The van der Waals surface area contributed by atoms with Crippen LogP contribution in [0.1, 0.15) is 0 Å². The lowest BCUT2D eigenvalue weighted by atomic mass is 10.2. The summed E-state index contributed by atoms with van der Waals surface area (Å²) in [5.41, 5.74) is 13.2. The Balaban J connectivity index is 2.84. The van der Waals surface area contributed by atoms with Crippen molar-refractivity contribution in [2.24, 2.45) is 0 Å². The summed E-state index contributed by atoms with van der Waals surface area (Å²) in [6, 6.07) is 3.92. The van der Waals surface area contributed by atoms with Gasteiger partial charge in [-0.1, -0.05) is 0 Å². The fraction of sp³-hybridized carbons (Fsp3) is 0.111. The van der Waals surface area contributed by atoms with Crippen molar-refractivity contribution in [3.8, 4) is 0 Å². The Kier molecular flexibility index (Phi) is 2.09. The average Bonchev–Trinajstić information content (AvgIpc) is 2.47. The maximum absolute atomic E-state index is 5.81. The van der Waals surface area contributed by atoms with Gasteiger partial charge in [0, 0.05) is 21.3 Å². The molecule has 1 heterocycles. The van der Waals surface area contributed by atoms with E-state index in [9.17, 15) is 0 Å². The Hall–Kier alpha value is -0.870. The summed E-state index contributed by atoms with van der Waals surface area (Å²) in [6.45, 7) is 0. The molecule has 2 rings (SSSR count). The minimum atomic E-state index is 0.780. The second kappa shape index (κ2) is 3.12. The zero-order chi connectivity index (χ0) is 9.42. The minimum Gasteiger partial charge on any atom is -0.399 e. The normalized spacial score (nSPS) is 10.8. The molecule has 0 fully saturated rings. The third kappa shape index (κ3) is 1.36. The van der Waals surface area contributed by atoms with E-state index in [2.05, 4.69) is 0 Å². The Labute approximate surface area is 84.9 Å². The molecule has 0 unspecified atom stereocenters. The lowest BCUT2D eigenvalue weighted by molar-refractivity contribution is 1.59. The van der Waals surface area contributed by atoms with E-state index in [1.54, 1.807) is 23.1 Å². The molecule has 4 heteroatoms. The van der Waals surface area contributed by atoms with E-state index in [0.717, 1.165) is 16.8 Å². The molecule has 0 saturated carbocycles. The zero-order valence-corrected chi connectivity index (χ0v) is 8.84. The van der Waals surface area contributed by atoms with Crippen LogP contribution in [0.15, 0.2) is 22.4 Å².